The van der Waals surface area contributed by atoms with Crippen molar-refractivity contribution in [1.82, 2.24) is 0 Å². The van der Waals surface area contributed by atoms with Gasteiger partial charge in [-0.2, -0.15) is 5.26 Å². The molecule has 0 spiro atoms. The van der Waals surface area contributed by atoms with E-state index in [-0.39, 0.29) is 5.78 Å². The van der Waals surface area contributed by atoms with Crippen LogP contribution in [0.1, 0.15) is 35.3 Å². The summed E-state index contributed by atoms with van der Waals surface area (Å²) in [5.74, 6) is -0.0673. The van der Waals surface area contributed by atoms with Crippen LogP contribution in [0.15, 0.2) is 54.6 Å². The molecule has 2 rings (SSSR count). The molecule has 0 amide bonds. The monoisotopic (exact) mass is 304 g/mol. The van der Waals surface area contributed by atoms with Crippen LogP contribution in [0.25, 0.3) is 6.08 Å². The normalized spacial score (nSPS) is 10.5. The first-order valence-electron chi connectivity index (χ1n) is 7.75. The van der Waals surface area contributed by atoms with E-state index in [0.717, 1.165) is 18.7 Å². The summed E-state index contributed by atoms with van der Waals surface area (Å²) < 4.78 is 0. The highest BCUT2D eigenvalue weighted by molar-refractivity contribution is 6.06. The van der Waals surface area contributed by atoms with Crippen molar-refractivity contribution < 1.29 is 4.79 Å². The molecule has 23 heavy (non-hydrogen) atoms. The van der Waals surface area contributed by atoms with E-state index in [1.54, 1.807) is 30.3 Å². The SMILES string of the molecule is CCN(CC)c1ccc(/C=C/C(=O)c2ccc(C#N)cc2)cc1. The van der Waals surface area contributed by atoms with Gasteiger partial charge in [-0.3, -0.25) is 4.79 Å². The van der Waals surface area contributed by atoms with Crippen LogP contribution in [0, 0.1) is 11.3 Å². The van der Waals surface area contributed by atoms with Gasteiger partial charge in [0.1, 0.15) is 0 Å². The molecule has 0 fully saturated rings. The molecule has 0 heterocycles. The molecule has 0 bridgehead atoms. The van der Waals surface area contributed by atoms with Crippen molar-refractivity contribution in [2.45, 2.75) is 13.8 Å². The van der Waals surface area contributed by atoms with Gasteiger partial charge in [-0.1, -0.05) is 18.2 Å². The number of anilines is 1. The summed E-state index contributed by atoms with van der Waals surface area (Å²) in [6.45, 7) is 6.22. The molecule has 0 aliphatic heterocycles. The summed E-state index contributed by atoms with van der Waals surface area (Å²) in [6.07, 6.45) is 3.38. The molecule has 0 saturated carbocycles. The summed E-state index contributed by atoms with van der Waals surface area (Å²) in [5, 5.41) is 8.76. The molecule has 0 aliphatic rings. The first-order valence-corrected chi connectivity index (χ1v) is 7.75. The number of benzene rings is 2. The molecule has 0 aliphatic carbocycles. The highest BCUT2D eigenvalue weighted by Crippen LogP contribution is 2.16. The Hall–Kier alpha value is -2.86. The smallest absolute Gasteiger partial charge is 0.185 e. The van der Waals surface area contributed by atoms with Gasteiger partial charge in [0.25, 0.3) is 0 Å². The molecule has 0 saturated heterocycles. The topological polar surface area (TPSA) is 44.1 Å². The lowest BCUT2D eigenvalue weighted by molar-refractivity contribution is 0.104. The van der Waals surface area contributed by atoms with E-state index in [1.807, 2.05) is 24.3 Å². The third-order valence-corrected chi connectivity index (χ3v) is 3.75. The molecule has 0 radical (unpaired) electrons. The predicted molar refractivity (Wildman–Crippen MR) is 94.5 cm³/mol. The van der Waals surface area contributed by atoms with E-state index in [4.69, 9.17) is 5.26 Å². The van der Waals surface area contributed by atoms with E-state index >= 15 is 0 Å². The van der Waals surface area contributed by atoms with E-state index in [1.165, 1.54) is 5.69 Å². The molecule has 0 N–H and O–H groups in total. The van der Waals surface area contributed by atoms with Gasteiger partial charge in [-0.05, 0) is 61.9 Å². The Balaban J connectivity index is 2.07. The van der Waals surface area contributed by atoms with Crippen molar-refractivity contribution >= 4 is 17.5 Å². The van der Waals surface area contributed by atoms with Crippen LogP contribution in [0.4, 0.5) is 5.69 Å². The van der Waals surface area contributed by atoms with Gasteiger partial charge < -0.3 is 4.90 Å². The van der Waals surface area contributed by atoms with Crippen molar-refractivity contribution in [2.75, 3.05) is 18.0 Å². The van der Waals surface area contributed by atoms with Crippen LogP contribution in [0.2, 0.25) is 0 Å². The summed E-state index contributed by atoms with van der Waals surface area (Å²) in [4.78, 5) is 14.4. The van der Waals surface area contributed by atoms with Gasteiger partial charge in [0, 0.05) is 24.3 Å². The lowest BCUT2D eigenvalue weighted by Gasteiger charge is -2.20. The highest BCUT2D eigenvalue weighted by atomic mass is 16.1. The van der Waals surface area contributed by atoms with Gasteiger partial charge in [0.05, 0.1) is 11.6 Å². The Bertz CT molecular complexity index is 718. The Morgan fingerprint density at radius 2 is 1.65 bits per heavy atom. The fourth-order valence-corrected chi connectivity index (χ4v) is 2.36. The minimum absolute atomic E-state index is 0.0673. The molecule has 116 valence electrons. The molecule has 0 unspecified atom stereocenters. The second-order valence-electron chi connectivity index (χ2n) is 5.15. The number of carbonyl (C=O) groups excluding carboxylic acids is 1. The molecular formula is C20H20N2O. The molecule has 0 aromatic heterocycles. The molecule has 2 aromatic rings. The number of nitriles is 1. The number of hydrogen-bond donors (Lipinski definition) is 0. The van der Waals surface area contributed by atoms with Gasteiger partial charge in [-0.25, -0.2) is 0 Å². The Morgan fingerprint density at radius 1 is 1.04 bits per heavy atom. The zero-order valence-electron chi connectivity index (χ0n) is 13.5. The van der Waals surface area contributed by atoms with Crippen LogP contribution in [0.3, 0.4) is 0 Å². The zero-order valence-corrected chi connectivity index (χ0v) is 13.5. The van der Waals surface area contributed by atoms with Crippen molar-refractivity contribution in [3.63, 3.8) is 0 Å². The van der Waals surface area contributed by atoms with Gasteiger partial charge in [-0.15, -0.1) is 0 Å². The van der Waals surface area contributed by atoms with Crippen molar-refractivity contribution in [2.24, 2.45) is 0 Å². The first-order chi connectivity index (χ1) is 11.2. The average molecular weight is 304 g/mol. The van der Waals surface area contributed by atoms with Crippen LogP contribution in [0.5, 0.6) is 0 Å². The first kappa shape index (κ1) is 16.5. The maximum atomic E-state index is 12.1. The minimum Gasteiger partial charge on any atom is -0.372 e. The fraction of sp³-hybridized carbons (Fsp3) is 0.200. The molecular weight excluding hydrogens is 284 g/mol. The Kier molecular flexibility index (Phi) is 5.71. The standard InChI is InChI=1S/C20H20N2O/c1-3-22(4-2)19-12-7-16(8-13-19)9-14-20(23)18-10-5-17(15-21)6-11-18/h5-14H,3-4H2,1-2H3/b14-9+. The van der Waals surface area contributed by atoms with E-state index in [9.17, 15) is 4.79 Å². The van der Waals surface area contributed by atoms with Gasteiger partial charge in [0.15, 0.2) is 5.78 Å². The molecule has 3 heteroatoms. The van der Waals surface area contributed by atoms with Gasteiger partial charge >= 0.3 is 0 Å². The average Bonchev–Trinajstić information content (AvgIpc) is 2.62. The third-order valence-electron chi connectivity index (χ3n) is 3.75. The Labute approximate surface area is 137 Å². The number of ketones is 1. The number of rotatable bonds is 6. The van der Waals surface area contributed by atoms with Crippen molar-refractivity contribution in [3.05, 3.63) is 71.3 Å². The summed E-state index contributed by atoms with van der Waals surface area (Å²) in [6, 6.07) is 16.9. The van der Waals surface area contributed by atoms with E-state index < -0.39 is 0 Å². The summed E-state index contributed by atoms with van der Waals surface area (Å²) in [5.41, 5.74) is 3.31. The molecule has 0 atom stereocenters. The lowest BCUT2D eigenvalue weighted by Crippen LogP contribution is -2.21. The maximum Gasteiger partial charge on any atom is 0.185 e. The zero-order chi connectivity index (χ0) is 16.7. The number of carbonyl (C=O) groups is 1. The number of hydrogen-bond acceptors (Lipinski definition) is 3. The second-order valence-corrected chi connectivity index (χ2v) is 5.15. The minimum atomic E-state index is -0.0673. The van der Waals surface area contributed by atoms with Crippen molar-refractivity contribution in [3.8, 4) is 6.07 Å². The number of allylic oxidation sites excluding steroid dienone is 1. The fourth-order valence-electron chi connectivity index (χ4n) is 2.36. The highest BCUT2D eigenvalue weighted by Gasteiger charge is 2.03. The van der Waals surface area contributed by atoms with Crippen LogP contribution < -0.4 is 4.90 Å². The molecule has 3 nitrogen and oxygen atoms in total. The number of nitrogens with zero attached hydrogens (tertiary/aromatic N) is 2. The van der Waals surface area contributed by atoms with E-state index in [0.29, 0.717) is 11.1 Å². The predicted octanol–water partition coefficient (Wildman–Crippen LogP) is 4.30. The van der Waals surface area contributed by atoms with Crippen LogP contribution in [-0.2, 0) is 0 Å². The lowest BCUT2D eigenvalue weighted by atomic mass is 10.1. The molecule has 2 aromatic carbocycles. The van der Waals surface area contributed by atoms with E-state index in [2.05, 4.69) is 30.9 Å². The van der Waals surface area contributed by atoms with Crippen LogP contribution >= 0.6 is 0 Å². The second kappa shape index (κ2) is 7.95. The summed E-state index contributed by atoms with van der Waals surface area (Å²) >= 11 is 0. The largest absolute Gasteiger partial charge is 0.372 e. The quantitative estimate of drug-likeness (QED) is 0.590. The van der Waals surface area contributed by atoms with Crippen molar-refractivity contribution in [1.29, 1.82) is 5.26 Å². The third kappa shape index (κ3) is 4.31. The van der Waals surface area contributed by atoms with Crippen LogP contribution in [-0.4, -0.2) is 18.9 Å². The summed E-state index contributed by atoms with van der Waals surface area (Å²) in [7, 11) is 0. The Morgan fingerprint density at radius 3 is 2.17 bits per heavy atom. The maximum absolute atomic E-state index is 12.1. The van der Waals surface area contributed by atoms with Gasteiger partial charge in [0.2, 0.25) is 0 Å².